The van der Waals surface area contributed by atoms with Crippen molar-refractivity contribution in [2.45, 2.75) is 13.8 Å². The van der Waals surface area contributed by atoms with Gasteiger partial charge in [-0.2, -0.15) is 0 Å². The first-order chi connectivity index (χ1) is 16.0. The van der Waals surface area contributed by atoms with Gasteiger partial charge in [0.2, 0.25) is 11.8 Å². The van der Waals surface area contributed by atoms with Crippen LogP contribution in [0.3, 0.4) is 0 Å². The van der Waals surface area contributed by atoms with Gasteiger partial charge in [0.25, 0.3) is 5.91 Å². The monoisotopic (exact) mass is 441 g/mol. The highest BCUT2D eigenvalue weighted by atomic mass is 16.4. The predicted octanol–water partition coefficient (Wildman–Crippen LogP) is 5.11. The first-order valence-corrected chi connectivity index (χ1v) is 10.5. The number of hydrogen-bond donors (Lipinski definition) is 3. The van der Waals surface area contributed by atoms with Crippen molar-refractivity contribution in [1.82, 2.24) is 15.5 Å². The molecule has 1 heterocycles. The van der Waals surface area contributed by atoms with Crippen molar-refractivity contribution in [3.05, 3.63) is 83.9 Å². The van der Waals surface area contributed by atoms with Gasteiger partial charge in [0, 0.05) is 34.6 Å². The number of rotatable bonds is 6. The van der Waals surface area contributed by atoms with Crippen LogP contribution in [0.4, 0.5) is 16.2 Å². The number of aromatic nitrogens is 2. The molecule has 0 aliphatic heterocycles. The van der Waals surface area contributed by atoms with Gasteiger partial charge in [0.15, 0.2) is 0 Å². The van der Waals surface area contributed by atoms with Gasteiger partial charge in [-0.25, -0.2) is 4.79 Å². The van der Waals surface area contributed by atoms with Crippen LogP contribution in [-0.2, 0) is 0 Å². The van der Waals surface area contributed by atoms with E-state index in [2.05, 4.69) is 26.1 Å². The lowest BCUT2D eigenvalue weighted by atomic mass is 10.1. The number of carbonyl (C=O) groups is 2. The van der Waals surface area contributed by atoms with E-state index in [1.54, 1.807) is 48.5 Å². The molecular weight excluding hydrogens is 418 g/mol. The van der Waals surface area contributed by atoms with Crippen LogP contribution in [0.2, 0.25) is 0 Å². The fraction of sp³-hybridized carbons (Fsp3) is 0.120. The van der Waals surface area contributed by atoms with Gasteiger partial charge in [-0.05, 0) is 67.9 Å². The summed E-state index contributed by atoms with van der Waals surface area (Å²) in [6.07, 6.45) is 0. The molecule has 8 nitrogen and oxygen atoms in total. The Kier molecular flexibility index (Phi) is 6.45. The van der Waals surface area contributed by atoms with Crippen LogP contribution >= 0.6 is 0 Å². The van der Waals surface area contributed by atoms with E-state index in [0.717, 1.165) is 11.1 Å². The first kappa shape index (κ1) is 21.8. The number of amides is 3. The van der Waals surface area contributed by atoms with Gasteiger partial charge in [-0.15, -0.1) is 10.2 Å². The van der Waals surface area contributed by atoms with Gasteiger partial charge >= 0.3 is 6.03 Å². The third-order valence-electron chi connectivity index (χ3n) is 4.91. The van der Waals surface area contributed by atoms with Gasteiger partial charge in [-0.1, -0.05) is 24.3 Å². The van der Waals surface area contributed by atoms with Crippen molar-refractivity contribution in [1.29, 1.82) is 0 Å². The summed E-state index contributed by atoms with van der Waals surface area (Å²) in [7, 11) is 0. The maximum Gasteiger partial charge on any atom is 0.319 e. The lowest BCUT2D eigenvalue weighted by molar-refractivity contribution is 0.102. The fourth-order valence-corrected chi connectivity index (χ4v) is 3.24. The zero-order valence-corrected chi connectivity index (χ0v) is 18.3. The fourth-order valence-electron chi connectivity index (χ4n) is 3.24. The molecule has 0 saturated heterocycles. The quantitative estimate of drug-likeness (QED) is 0.385. The average molecular weight is 441 g/mol. The summed E-state index contributed by atoms with van der Waals surface area (Å²) < 4.78 is 5.83. The SMILES string of the molecule is CCNC(=O)Nc1cccc(NC(=O)c2ccc(-c3nnc(-c4ccccc4C)o3)cc2)c1. The first-order valence-electron chi connectivity index (χ1n) is 10.5. The van der Waals surface area contributed by atoms with Crippen LogP contribution in [-0.4, -0.2) is 28.7 Å². The second kappa shape index (κ2) is 9.78. The van der Waals surface area contributed by atoms with Gasteiger partial charge in [0.05, 0.1) is 0 Å². The Morgan fingerprint density at radius 3 is 2.27 bits per heavy atom. The minimum atomic E-state index is -0.303. The Balaban J connectivity index is 1.44. The molecule has 3 N–H and O–H groups in total. The normalized spacial score (nSPS) is 10.5. The Bertz CT molecular complexity index is 1280. The van der Waals surface area contributed by atoms with E-state index >= 15 is 0 Å². The summed E-state index contributed by atoms with van der Waals surface area (Å²) in [4.78, 5) is 24.4. The van der Waals surface area contributed by atoms with Crippen LogP contribution < -0.4 is 16.0 Å². The Morgan fingerprint density at radius 1 is 0.848 bits per heavy atom. The Hall–Kier alpha value is -4.46. The van der Waals surface area contributed by atoms with Crippen LogP contribution in [0.25, 0.3) is 22.9 Å². The van der Waals surface area contributed by atoms with Crippen LogP contribution in [0.5, 0.6) is 0 Å². The van der Waals surface area contributed by atoms with E-state index in [1.807, 2.05) is 38.1 Å². The van der Waals surface area contributed by atoms with E-state index in [9.17, 15) is 9.59 Å². The molecule has 0 spiro atoms. The molecule has 0 aliphatic carbocycles. The molecule has 0 aliphatic rings. The summed E-state index contributed by atoms with van der Waals surface area (Å²) in [5.74, 6) is 0.554. The summed E-state index contributed by atoms with van der Waals surface area (Å²) in [5, 5.41) is 16.5. The largest absolute Gasteiger partial charge is 0.416 e. The summed E-state index contributed by atoms with van der Waals surface area (Å²) >= 11 is 0. The molecule has 33 heavy (non-hydrogen) atoms. The summed E-state index contributed by atoms with van der Waals surface area (Å²) in [5.41, 5.74) is 4.26. The van der Waals surface area contributed by atoms with Crippen molar-refractivity contribution >= 4 is 23.3 Å². The van der Waals surface area contributed by atoms with E-state index in [4.69, 9.17) is 4.42 Å². The maximum atomic E-state index is 12.7. The van der Waals surface area contributed by atoms with Gasteiger partial charge in [0.1, 0.15) is 0 Å². The molecule has 0 bridgehead atoms. The number of nitrogens with one attached hydrogen (secondary N) is 3. The summed E-state index contributed by atoms with van der Waals surface area (Å²) in [6.45, 7) is 4.34. The highest BCUT2D eigenvalue weighted by molar-refractivity contribution is 6.04. The lowest BCUT2D eigenvalue weighted by Gasteiger charge is -2.09. The molecule has 3 amide bonds. The minimum Gasteiger partial charge on any atom is -0.416 e. The second-order valence-electron chi connectivity index (χ2n) is 7.32. The standard InChI is InChI=1S/C25H23N5O3/c1-3-26-25(32)28-20-9-6-8-19(15-20)27-22(31)17-11-13-18(14-12-17)23-29-30-24(33-23)21-10-5-4-7-16(21)2/h4-15H,3H2,1-2H3,(H,27,31)(H2,26,28,32). The third-order valence-corrected chi connectivity index (χ3v) is 4.91. The van der Waals surface area contributed by atoms with Crippen LogP contribution in [0.15, 0.2) is 77.2 Å². The molecule has 0 atom stereocenters. The Morgan fingerprint density at radius 2 is 1.55 bits per heavy atom. The van der Waals surface area contributed by atoms with E-state index in [0.29, 0.717) is 40.8 Å². The van der Waals surface area contributed by atoms with Crippen molar-refractivity contribution in [3.63, 3.8) is 0 Å². The molecule has 8 heteroatoms. The number of benzene rings is 3. The van der Waals surface area contributed by atoms with Crippen molar-refractivity contribution in [3.8, 4) is 22.9 Å². The maximum absolute atomic E-state index is 12.7. The zero-order chi connectivity index (χ0) is 23.2. The van der Waals surface area contributed by atoms with E-state index in [-0.39, 0.29) is 11.9 Å². The number of aryl methyl sites for hydroxylation is 1. The smallest absolute Gasteiger partial charge is 0.319 e. The summed E-state index contributed by atoms with van der Waals surface area (Å²) in [6, 6.07) is 21.3. The molecule has 4 aromatic rings. The number of nitrogens with zero attached hydrogens (tertiary/aromatic N) is 2. The van der Waals surface area contributed by atoms with Crippen molar-refractivity contribution < 1.29 is 14.0 Å². The van der Waals surface area contributed by atoms with Gasteiger partial charge in [-0.3, -0.25) is 4.79 Å². The molecule has 0 unspecified atom stereocenters. The molecule has 0 radical (unpaired) electrons. The molecule has 3 aromatic carbocycles. The molecule has 4 rings (SSSR count). The second-order valence-corrected chi connectivity index (χ2v) is 7.32. The van der Waals surface area contributed by atoms with Gasteiger partial charge < -0.3 is 20.4 Å². The topological polar surface area (TPSA) is 109 Å². The lowest BCUT2D eigenvalue weighted by Crippen LogP contribution is -2.28. The molecule has 166 valence electrons. The molecule has 0 fully saturated rings. The number of urea groups is 1. The average Bonchev–Trinajstić information content (AvgIpc) is 3.30. The number of hydrogen-bond acceptors (Lipinski definition) is 5. The molecule has 0 saturated carbocycles. The molecular formula is C25H23N5O3. The predicted molar refractivity (Wildman–Crippen MR) is 127 cm³/mol. The highest BCUT2D eigenvalue weighted by Crippen LogP contribution is 2.26. The number of anilines is 2. The number of carbonyl (C=O) groups excluding carboxylic acids is 2. The Labute approximate surface area is 191 Å². The van der Waals surface area contributed by atoms with E-state index < -0.39 is 0 Å². The molecule has 1 aromatic heterocycles. The van der Waals surface area contributed by atoms with Crippen molar-refractivity contribution in [2.75, 3.05) is 17.2 Å². The highest BCUT2D eigenvalue weighted by Gasteiger charge is 2.13. The minimum absolute atomic E-state index is 0.275. The van der Waals surface area contributed by atoms with Crippen LogP contribution in [0.1, 0.15) is 22.8 Å². The third kappa shape index (κ3) is 5.24. The van der Waals surface area contributed by atoms with E-state index in [1.165, 1.54) is 0 Å². The zero-order valence-electron chi connectivity index (χ0n) is 18.3. The van der Waals surface area contributed by atoms with Crippen LogP contribution in [0, 0.1) is 6.92 Å². The van der Waals surface area contributed by atoms with Crippen molar-refractivity contribution in [2.24, 2.45) is 0 Å².